The first-order valence-corrected chi connectivity index (χ1v) is 6.02. The van der Waals surface area contributed by atoms with Crippen molar-refractivity contribution in [3.05, 3.63) is 52.9 Å². The molecule has 2 rings (SSSR count). The Labute approximate surface area is 129 Å². The van der Waals surface area contributed by atoms with Gasteiger partial charge in [-0.05, 0) is 24.3 Å². The van der Waals surface area contributed by atoms with Crippen LogP contribution >= 0.6 is 12.4 Å². The van der Waals surface area contributed by atoms with Gasteiger partial charge >= 0.3 is 6.18 Å². The number of hydrogen-bond donors (Lipinski definition) is 1. The van der Waals surface area contributed by atoms with Crippen LogP contribution in [0.5, 0.6) is 0 Å². The summed E-state index contributed by atoms with van der Waals surface area (Å²) < 4.78 is 64.8. The molecule has 0 spiro atoms. The number of hydrogen-bond acceptors (Lipinski definition) is 2. The van der Waals surface area contributed by atoms with E-state index in [4.69, 9.17) is 0 Å². The van der Waals surface area contributed by atoms with Gasteiger partial charge in [-0.3, -0.25) is 4.68 Å². The standard InChI is InChI=1S/C13H12F5N3.ClH/c1-21-12(13(16,17)18)5-10(20-21)7-19-6-8-4-9(14)2-3-11(8)15;/h2-5,19H,6-7H2,1H3;1H. The van der Waals surface area contributed by atoms with Crippen LogP contribution < -0.4 is 5.32 Å². The number of rotatable bonds is 4. The number of nitrogens with zero attached hydrogens (tertiary/aromatic N) is 2. The topological polar surface area (TPSA) is 29.9 Å². The number of alkyl halides is 3. The Kier molecular flexibility index (Phi) is 5.90. The molecule has 1 aromatic heterocycles. The van der Waals surface area contributed by atoms with Crippen LogP contribution in [0.25, 0.3) is 0 Å². The summed E-state index contributed by atoms with van der Waals surface area (Å²) in [5.74, 6) is -1.16. The molecule has 122 valence electrons. The van der Waals surface area contributed by atoms with Crippen molar-refractivity contribution in [3.63, 3.8) is 0 Å². The molecule has 2 aromatic rings. The van der Waals surface area contributed by atoms with E-state index < -0.39 is 23.5 Å². The van der Waals surface area contributed by atoms with E-state index in [-0.39, 0.29) is 36.8 Å². The molecule has 1 heterocycles. The maximum absolute atomic E-state index is 13.3. The molecule has 0 saturated heterocycles. The number of aryl methyl sites for hydroxylation is 1. The van der Waals surface area contributed by atoms with Crippen molar-refractivity contribution < 1.29 is 22.0 Å². The van der Waals surface area contributed by atoms with Crippen molar-refractivity contribution in [2.45, 2.75) is 19.3 Å². The highest BCUT2D eigenvalue weighted by atomic mass is 35.5. The normalized spacial score (nSPS) is 11.4. The molecule has 0 atom stereocenters. The third kappa shape index (κ3) is 4.41. The maximum atomic E-state index is 13.3. The van der Waals surface area contributed by atoms with Gasteiger partial charge in [0, 0.05) is 25.7 Å². The molecule has 9 heteroatoms. The molecular weight excluding hydrogens is 329 g/mol. The Balaban J connectivity index is 0.00000242. The van der Waals surface area contributed by atoms with Gasteiger partial charge in [-0.25, -0.2) is 8.78 Å². The third-order valence-electron chi connectivity index (χ3n) is 2.85. The largest absolute Gasteiger partial charge is 0.433 e. The molecule has 0 unspecified atom stereocenters. The van der Waals surface area contributed by atoms with Gasteiger partial charge in [0.25, 0.3) is 0 Å². The average Bonchev–Trinajstić information content (AvgIpc) is 2.75. The molecule has 0 aliphatic rings. The Bertz CT molecular complexity index is 639. The van der Waals surface area contributed by atoms with Crippen LogP contribution in [0.3, 0.4) is 0 Å². The van der Waals surface area contributed by atoms with Crippen LogP contribution in [0.2, 0.25) is 0 Å². The number of halogens is 6. The van der Waals surface area contributed by atoms with Gasteiger partial charge in [-0.15, -0.1) is 12.4 Å². The van der Waals surface area contributed by atoms with Crippen LogP contribution in [0.4, 0.5) is 22.0 Å². The lowest BCUT2D eigenvalue weighted by molar-refractivity contribution is -0.143. The number of nitrogens with one attached hydrogen (secondary N) is 1. The number of benzene rings is 1. The van der Waals surface area contributed by atoms with Gasteiger partial charge in [-0.1, -0.05) is 0 Å². The van der Waals surface area contributed by atoms with Crippen molar-refractivity contribution in [2.75, 3.05) is 0 Å². The van der Waals surface area contributed by atoms with E-state index in [0.29, 0.717) is 0 Å². The minimum absolute atomic E-state index is 0. The average molecular weight is 342 g/mol. The highest BCUT2D eigenvalue weighted by molar-refractivity contribution is 5.85. The van der Waals surface area contributed by atoms with Gasteiger partial charge in [0.05, 0.1) is 5.69 Å². The quantitative estimate of drug-likeness (QED) is 0.864. The van der Waals surface area contributed by atoms with Crippen molar-refractivity contribution in [3.8, 4) is 0 Å². The summed E-state index contributed by atoms with van der Waals surface area (Å²) in [4.78, 5) is 0. The molecule has 0 amide bonds. The third-order valence-corrected chi connectivity index (χ3v) is 2.85. The minimum Gasteiger partial charge on any atom is -0.307 e. The highest BCUT2D eigenvalue weighted by Crippen LogP contribution is 2.29. The zero-order valence-electron chi connectivity index (χ0n) is 11.4. The van der Waals surface area contributed by atoms with Crippen molar-refractivity contribution in [1.82, 2.24) is 15.1 Å². The smallest absolute Gasteiger partial charge is 0.307 e. The summed E-state index contributed by atoms with van der Waals surface area (Å²) in [6.07, 6.45) is -4.48. The summed E-state index contributed by atoms with van der Waals surface area (Å²) in [6, 6.07) is 3.93. The fourth-order valence-electron chi connectivity index (χ4n) is 1.88. The first kappa shape index (κ1) is 18.4. The van der Waals surface area contributed by atoms with Crippen LogP contribution in [0, 0.1) is 11.6 Å². The summed E-state index contributed by atoms with van der Waals surface area (Å²) >= 11 is 0. The predicted molar refractivity (Wildman–Crippen MR) is 72.4 cm³/mol. The second kappa shape index (κ2) is 7.06. The molecular formula is C13H13ClF5N3. The predicted octanol–water partition coefficient (Wildman–Crippen LogP) is 3.43. The second-order valence-corrected chi connectivity index (χ2v) is 4.48. The van der Waals surface area contributed by atoms with Crippen LogP contribution in [0.1, 0.15) is 17.0 Å². The van der Waals surface area contributed by atoms with Gasteiger partial charge < -0.3 is 5.32 Å². The lowest BCUT2D eigenvalue weighted by Crippen LogP contribution is -2.14. The lowest BCUT2D eigenvalue weighted by Gasteiger charge is -2.04. The molecule has 1 aromatic carbocycles. The second-order valence-electron chi connectivity index (χ2n) is 4.48. The van der Waals surface area contributed by atoms with Crippen LogP contribution in [-0.4, -0.2) is 9.78 Å². The Morgan fingerprint density at radius 1 is 1.14 bits per heavy atom. The van der Waals surface area contributed by atoms with E-state index in [1.807, 2.05) is 0 Å². The molecule has 0 radical (unpaired) electrons. The van der Waals surface area contributed by atoms with Gasteiger partial charge in [-0.2, -0.15) is 18.3 Å². The lowest BCUT2D eigenvalue weighted by atomic mass is 10.2. The van der Waals surface area contributed by atoms with Crippen LogP contribution in [-0.2, 0) is 26.3 Å². The van der Waals surface area contributed by atoms with Gasteiger partial charge in [0.2, 0.25) is 0 Å². The first-order chi connectivity index (χ1) is 9.77. The highest BCUT2D eigenvalue weighted by Gasteiger charge is 2.34. The molecule has 1 N–H and O–H groups in total. The molecule has 0 fully saturated rings. The molecule has 0 bridgehead atoms. The SMILES string of the molecule is Cl.Cn1nc(CNCc2cc(F)ccc2F)cc1C(F)(F)F. The molecule has 3 nitrogen and oxygen atoms in total. The Morgan fingerprint density at radius 2 is 1.82 bits per heavy atom. The van der Waals surface area contributed by atoms with E-state index in [9.17, 15) is 22.0 Å². The van der Waals surface area contributed by atoms with Gasteiger partial charge in [0.1, 0.15) is 17.3 Å². The van der Waals surface area contributed by atoms with E-state index in [2.05, 4.69) is 10.4 Å². The van der Waals surface area contributed by atoms with Crippen molar-refractivity contribution in [1.29, 1.82) is 0 Å². The van der Waals surface area contributed by atoms with Crippen molar-refractivity contribution in [2.24, 2.45) is 7.05 Å². The first-order valence-electron chi connectivity index (χ1n) is 6.02. The van der Waals surface area contributed by atoms with Crippen LogP contribution in [0.15, 0.2) is 24.3 Å². The zero-order chi connectivity index (χ0) is 15.6. The Hall–Kier alpha value is -1.67. The monoisotopic (exact) mass is 341 g/mol. The molecule has 0 saturated carbocycles. The van der Waals surface area contributed by atoms with E-state index >= 15 is 0 Å². The summed E-state index contributed by atoms with van der Waals surface area (Å²) in [5, 5.41) is 6.44. The Morgan fingerprint density at radius 3 is 2.41 bits per heavy atom. The fraction of sp³-hybridized carbons (Fsp3) is 0.308. The molecule has 0 aliphatic carbocycles. The van der Waals surface area contributed by atoms with E-state index in [1.54, 1.807) is 0 Å². The minimum atomic E-state index is -4.48. The number of aromatic nitrogens is 2. The molecule has 22 heavy (non-hydrogen) atoms. The van der Waals surface area contributed by atoms with E-state index in [1.165, 1.54) is 7.05 Å². The van der Waals surface area contributed by atoms with E-state index in [0.717, 1.165) is 28.9 Å². The fourth-order valence-corrected chi connectivity index (χ4v) is 1.88. The summed E-state index contributed by atoms with van der Waals surface area (Å²) in [7, 11) is 1.19. The molecule has 0 aliphatic heterocycles. The van der Waals surface area contributed by atoms with Crippen molar-refractivity contribution >= 4 is 12.4 Å². The van der Waals surface area contributed by atoms with Gasteiger partial charge in [0.15, 0.2) is 0 Å². The zero-order valence-corrected chi connectivity index (χ0v) is 12.2. The summed E-state index contributed by atoms with van der Waals surface area (Å²) in [6.45, 7) is 0.00138. The maximum Gasteiger partial charge on any atom is 0.433 e. The summed E-state index contributed by atoms with van der Waals surface area (Å²) in [5.41, 5.74) is -0.597.